The molecular weight excluding hydrogens is 403 g/mol. The summed E-state index contributed by atoms with van der Waals surface area (Å²) in [6.07, 6.45) is 1.40. The van der Waals surface area contributed by atoms with Crippen LogP contribution >= 0.6 is 11.6 Å². The van der Waals surface area contributed by atoms with Crippen molar-refractivity contribution in [1.29, 1.82) is 0 Å². The van der Waals surface area contributed by atoms with E-state index >= 15 is 0 Å². The second kappa shape index (κ2) is 11.1. The molecular formula is C20H22ClFN2O5. The molecule has 0 spiro atoms. The van der Waals surface area contributed by atoms with Crippen LogP contribution < -0.4 is 25.3 Å². The number of carbonyl (C=O) groups is 2. The number of amides is 2. The van der Waals surface area contributed by atoms with Crippen LogP contribution in [0.4, 0.5) is 4.39 Å². The van der Waals surface area contributed by atoms with Gasteiger partial charge in [-0.25, -0.2) is 4.39 Å². The van der Waals surface area contributed by atoms with E-state index in [0.717, 1.165) is 0 Å². The number of hydrogen-bond donors (Lipinski definition) is 2. The highest BCUT2D eigenvalue weighted by Crippen LogP contribution is 2.36. The summed E-state index contributed by atoms with van der Waals surface area (Å²) in [5.74, 6) is -0.349. The van der Waals surface area contributed by atoms with E-state index in [1.165, 1.54) is 31.4 Å². The van der Waals surface area contributed by atoms with E-state index in [2.05, 4.69) is 5.32 Å². The van der Waals surface area contributed by atoms with Crippen LogP contribution in [0.5, 0.6) is 17.2 Å². The number of hydrogen-bond acceptors (Lipinski definition) is 5. The van der Waals surface area contributed by atoms with Gasteiger partial charge in [-0.1, -0.05) is 11.6 Å². The summed E-state index contributed by atoms with van der Waals surface area (Å²) in [5.41, 5.74) is 5.35. The van der Waals surface area contributed by atoms with E-state index in [0.29, 0.717) is 37.3 Å². The van der Waals surface area contributed by atoms with Gasteiger partial charge in [-0.2, -0.15) is 0 Å². The Kier molecular flexibility index (Phi) is 8.54. The summed E-state index contributed by atoms with van der Waals surface area (Å²) in [5, 5.41) is 2.91. The molecule has 0 aromatic heterocycles. The number of primary amides is 1. The molecule has 0 aliphatic rings. The molecule has 0 unspecified atom stereocenters. The number of carbonyl (C=O) groups excluding carboxylic acids is 2. The minimum absolute atomic E-state index is 0.128. The monoisotopic (exact) mass is 424 g/mol. The molecule has 0 heterocycles. The van der Waals surface area contributed by atoms with E-state index in [1.54, 1.807) is 12.1 Å². The Morgan fingerprint density at radius 1 is 1.14 bits per heavy atom. The van der Waals surface area contributed by atoms with Crippen molar-refractivity contribution in [3.63, 3.8) is 0 Å². The normalized spacial score (nSPS) is 10.3. The van der Waals surface area contributed by atoms with Crippen molar-refractivity contribution in [2.24, 2.45) is 5.73 Å². The van der Waals surface area contributed by atoms with Crippen molar-refractivity contribution >= 4 is 23.4 Å². The van der Waals surface area contributed by atoms with Crippen LogP contribution in [-0.4, -0.2) is 38.7 Å². The number of benzene rings is 2. The fourth-order valence-corrected chi connectivity index (χ4v) is 2.65. The van der Waals surface area contributed by atoms with Crippen LogP contribution in [0.25, 0.3) is 0 Å². The van der Waals surface area contributed by atoms with Crippen molar-refractivity contribution in [1.82, 2.24) is 5.32 Å². The molecule has 7 nitrogen and oxygen atoms in total. The number of nitrogens with one attached hydrogen (secondary N) is 1. The number of rotatable bonds is 11. The second-order valence-electron chi connectivity index (χ2n) is 6.01. The number of ether oxygens (including phenoxy) is 3. The Labute approximate surface area is 172 Å². The zero-order valence-corrected chi connectivity index (χ0v) is 16.6. The maximum Gasteiger partial charge on any atom is 0.255 e. The first-order valence-corrected chi connectivity index (χ1v) is 9.23. The van der Waals surface area contributed by atoms with Gasteiger partial charge in [-0.15, -0.1) is 0 Å². The van der Waals surface area contributed by atoms with Crippen LogP contribution in [0.1, 0.15) is 23.2 Å². The highest BCUT2D eigenvalue weighted by atomic mass is 35.5. The molecule has 3 N–H and O–H groups in total. The third-order valence-electron chi connectivity index (χ3n) is 3.79. The van der Waals surface area contributed by atoms with Crippen molar-refractivity contribution in [3.05, 3.63) is 52.8 Å². The molecule has 0 atom stereocenters. The van der Waals surface area contributed by atoms with Crippen molar-refractivity contribution in [2.45, 2.75) is 12.8 Å². The Hall–Kier alpha value is -3.00. The smallest absolute Gasteiger partial charge is 0.255 e. The van der Waals surface area contributed by atoms with Gasteiger partial charge in [0.1, 0.15) is 11.6 Å². The highest BCUT2D eigenvalue weighted by Gasteiger charge is 2.16. The van der Waals surface area contributed by atoms with Crippen molar-refractivity contribution in [2.75, 3.05) is 26.9 Å². The van der Waals surface area contributed by atoms with Crippen LogP contribution in [0.3, 0.4) is 0 Å². The quantitative estimate of drug-likeness (QED) is 0.540. The Bertz CT molecular complexity index is 846. The van der Waals surface area contributed by atoms with Crippen LogP contribution in [0.2, 0.25) is 5.02 Å². The summed E-state index contributed by atoms with van der Waals surface area (Å²) < 4.78 is 28.7. The molecule has 2 amide bonds. The van der Waals surface area contributed by atoms with Gasteiger partial charge in [-0.3, -0.25) is 9.59 Å². The van der Waals surface area contributed by atoms with Gasteiger partial charge in [0.2, 0.25) is 0 Å². The summed E-state index contributed by atoms with van der Waals surface area (Å²) in [4.78, 5) is 23.2. The average molecular weight is 425 g/mol. The van der Waals surface area contributed by atoms with Crippen molar-refractivity contribution in [3.8, 4) is 17.2 Å². The SMILES string of the molecule is COc1cc(C(=O)NCCCCOc2ccc(F)cc2)cc(Cl)c1OCC(N)=O. The van der Waals surface area contributed by atoms with E-state index in [1.807, 2.05) is 0 Å². The Morgan fingerprint density at radius 3 is 2.52 bits per heavy atom. The maximum absolute atomic E-state index is 12.8. The van der Waals surface area contributed by atoms with E-state index in [-0.39, 0.29) is 34.9 Å². The molecule has 29 heavy (non-hydrogen) atoms. The Morgan fingerprint density at radius 2 is 1.86 bits per heavy atom. The fraction of sp³-hybridized carbons (Fsp3) is 0.300. The summed E-state index contributed by atoms with van der Waals surface area (Å²) in [6.45, 7) is 0.528. The zero-order chi connectivity index (χ0) is 21.2. The first kappa shape index (κ1) is 22.3. The molecule has 9 heteroatoms. The standard InChI is InChI=1S/C20H22ClFN2O5/c1-27-17-11-13(10-16(21)19(17)29-12-18(23)25)20(26)24-8-2-3-9-28-15-6-4-14(22)5-7-15/h4-7,10-11H,2-3,8-9,12H2,1H3,(H2,23,25)(H,24,26). The molecule has 2 rings (SSSR count). The maximum atomic E-state index is 12.8. The first-order valence-electron chi connectivity index (χ1n) is 8.86. The molecule has 2 aromatic carbocycles. The van der Waals surface area contributed by atoms with E-state index in [4.69, 9.17) is 31.5 Å². The largest absolute Gasteiger partial charge is 0.494 e. The second-order valence-corrected chi connectivity index (χ2v) is 6.42. The van der Waals surface area contributed by atoms with Gasteiger partial charge < -0.3 is 25.3 Å². The molecule has 2 aromatic rings. The number of methoxy groups -OCH3 is 1. The lowest BCUT2D eigenvalue weighted by Gasteiger charge is -2.13. The van der Waals surface area contributed by atoms with Crippen LogP contribution in [-0.2, 0) is 4.79 Å². The lowest BCUT2D eigenvalue weighted by Crippen LogP contribution is -2.25. The predicted molar refractivity (Wildman–Crippen MR) is 106 cm³/mol. The van der Waals surface area contributed by atoms with Gasteiger partial charge in [0.05, 0.1) is 18.7 Å². The number of halogens is 2. The lowest BCUT2D eigenvalue weighted by atomic mass is 10.2. The van der Waals surface area contributed by atoms with Gasteiger partial charge in [-0.05, 0) is 49.2 Å². The predicted octanol–water partition coefficient (Wildman–Crippen LogP) is 2.94. The Balaban J connectivity index is 1.80. The van der Waals surface area contributed by atoms with Gasteiger partial charge >= 0.3 is 0 Å². The molecule has 0 fully saturated rings. The molecule has 0 radical (unpaired) electrons. The molecule has 0 aliphatic carbocycles. The lowest BCUT2D eigenvalue weighted by molar-refractivity contribution is -0.119. The molecule has 0 bridgehead atoms. The first-order chi connectivity index (χ1) is 13.9. The number of nitrogens with two attached hydrogens (primary N) is 1. The van der Waals surface area contributed by atoms with E-state index < -0.39 is 5.91 Å². The zero-order valence-electron chi connectivity index (χ0n) is 15.9. The van der Waals surface area contributed by atoms with Gasteiger partial charge in [0.25, 0.3) is 11.8 Å². The van der Waals surface area contributed by atoms with Gasteiger partial charge in [0, 0.05) is 12.1 Å². The minimum Gasteiger partial charge on any atom is -0.494 e. The highest BCUT2D eigenvalue weighted by molar-refractivity contribution is 6.32. The minimum atomic E-state index is -0.659. The summed E-state index contributed by atoms with van der Waals surface area (Å²) >= 11 is 6.13. The summed E-state index contributed by atoms with van der Waals surface area (Å²) in [6, 6.07) is 8.68. The third kappa shape index (κ3) is 7.15. The van der Waals surface area contributed by atoms with Gasteiger partial charge in [0.15, 0.2) is 18.1 Å². The third-order valence-corrected chi connectivity index (χ3v) is 4.07. The molecule has 0 saturated carbocycles. The van der Waals surface area contributed by atoms with E-state index in [9.17, 15) is 14.0 Å². The molecule has 156 valence electrons. The van der Waals surface area contributed by atoms with Crippen molar-refractivity contribution < 1.29 is 28.2 Å². The number of unbranched alkanes of at least 4 members (excludes halogenated alkanes) is 1. The van der Waals surface area contributed by atoms with Crippen LogP contribution in [0, 0.1) is 5.82 Å². The topological polar surface area (TPSA) is 99.9 Å². The molecule has 0 saturated heterocycles. The summed E-state index contributed by atoms with van der Waals surface area (Å²) in [7, 11) is 1.39. The van der Waals surface area contributed by atoms with Crippen LogP contribution in [0.15, 0.2) is 36.4 Å². The fourth-order valence-electron chi connectivity index (χ4n) is 2.39. The average Bonchev–Trinajstić information content (AvgIpc) is 2.70. The molecule has 0 aliphatic heterocycles.